The van der Waals surface area contributed by atoms with E-state index in [-0.39, 0.29) is 11.6 Å². The Hall–Kier alpha value is -0.0500. The van der Waals surface area contributed by atoms with E-state index < -0.39 is 0 Å². The predicted octanol–water partition coefficient (Wildman–Crippen LogP) is 3.67. The number of alkyl halides is 1. The summed E-state index contributed by atoms with van der Waals surface area (Å²) in [5.41, 5.74) is -0.357. The first kappa shape index (κ1) is 13.9. The fourth-order valence-corrected chi connectivity index (χ4v) is 1.81. The molecule has 0 fully saturated rings. The van der Waals surface area contributed by atoms with Gasteiger partial charge in [-0.1, -0.05) is 29.3 Å². The van der Waals surface area contributed by atoms with Gasteiger partial charge in [0.25, 0.3) is 0 Å². The molecular weight excluding hydrogens is 244 g/mol. The first-order chi connectivity index (χ1) is 6.35. The standard InChI is InChI=1S/C11H21BrO2/c1-5-6-9(12)7-8-10(13)14-11(2,3)4/h9H,5-8H2,1-4H3. The molecule has 0 aliphatic rings. The van der Waals surface area contributed by atoms with Crippen molar-refractivity contribution in [3.05, 3.63) is 0 Å². The molecule has 1 unspecified atom stereocenters. The van der Waals surface area contributed by atoms with Gasteiger partial charge in [0.05, 0.1) is 0 Å². The number of hydrogen-bond donors (Lipinski definition) is 0. The summed E-state index contributed by atoms with van der Waals surface area (Å²) in [6.45, 7) is 7.81. The van der Waals surface area contributed by atoms with Crippen molar-refractivity contribution in [1.82, 2.24) is 0 Å². The van der Waals surface area contributed by atoms with E-state index >= 15 is 0 Å². The lowest BCUT2D eigenvalue weighted by atomic mass is 10.1. The summed E-state index contributed by atoms with van der Waals surface area (Å²) in [6.07, 6.45) is 3.63. The van der Waals surface area contributed by atoms with Gasteiger partial charge in [-0.2, -0.15) is 0 Å². The smallest absolute Gasteiger partial charge is 0.306 e. The summed E-state index contributed by atoms with van der Waals surface area (Å²) in [6, 6.07) is 0. The third kappa shape index (κ3) is 8.54. The van der Waals surface area contributed by atoms with E-state index in [0.717, 1.165) is 19.3 Å². The lowest BCUT2D eigenvalue weighted by Crippen LogP contribution is -2.24. The highest BCUT2D eigenvalue weighted by Crippen LogP contribution is 2.16. The Balaban J connectivity index is 3.64. The molecule has 0 radical (unpaired) electrons. The van der Waals surface area contributed by atoms with Crippen molar-refractivity contribution in [2.45, 2.75) is 63.8 Å². The Labute approximate surface area is 95.5 Å². The van der Waals surface area contributed by atoms with Crippen LogP contribution in [0.3, 0.4) is 0 Å². The summed E-state index contributed by atoms with van der Waals surface area (Å²) in [4.78, 5) is 11.8. The Morgan fingerprint density at radius 3 is 2.36 bits per heavy atom. The highest BCUT2D eigenvalue weighted by molar-refractivity contribution is 9.09. The minimum atomic E-state index is -0.357. The second-order valence-corrected chi connectivity index (χ2v) is 5.81. The Morgan fingerprint density at radius 1 is 1.36 bits per heavy atom. The largest absolute Gasteiger partial charge is 0.460 e. The van der Waals surface area contributed by atoms with E-state index in [2.05, 4.69) is 22.9 Å². The van der Waals surface area contributed by atoms with Crippen LogP contribution in [0.25, 0.3) is 0 Å². The van der Waals surface area contributed by atoms with Crippen LogP contribution in [0.15, 0.2) is 0 Å². The van der Waals surface area contributed by atoms with Gasteiger partial charge in [0, 0.05) is 11.2 Å². The second-order valence-electron chi connectivity index (χ2n) is 4.51. The summed E-state index contributed by atoms with van der Waals surface area (Å²) >= 11 is 3.54. The van der Waals surface area contributed by atoms with Crippen molar-refractivity contribution in [2.24, 2.45) is 0 Å². The number of carbonyl (C=O) groups excluding carboxylic acids is 1. The van der Waals surface area contributed by atoms with Gasteiger partial charge in [-0.3, -0.25) is 4.79 Å². The third-order valence-electron chi connectivity index (χ3n) is 1.68. The molecule has 0 spiro atoms. The van der Waals surface area contributed by atoms with E-state index in [9.17, 15) is 4.79 Å². The zero-order valence-corrected chi connectivity index (χ0v) is 11.2. The van der Waals surface area contributed by atoms with Crippen molar-refractivity contribution in [3.8, 4) is 0 Å². The maximum atomic E-state index is 11.3. The van der Waals surface area contributed by atoms with Crippen LogP contribution in [0.1, 0.15) is 53.4 Å². The molecule has 84 valence electrons. The van der Waals surface area contributed by atoms with Gasteiger partial charge in [0.15, 0.2) is 0 Å². The normalized spacial score (nSPS) is 13.8. The summed E-state index contributed by atoms with van der Waals surface area (Å²) in [7, 11) is 0. The topological polar surface area (TPSA) is 26.3 Å². The highest BCUT2D eigenvalue weighted by atomic mass is 79.9. The number of hydrogen-bond acceptors (Lipinski definition) is 2. The van der Waals surface area contributed by atoms with Crippen molar-refractivity contribution in [2.75, 3.05) is 0 Å². The van der Waals surface area contributed by atoms with Crippen LogP contribution in [0, 0.1) is 0 Å². The lowest BCUT2D eigenvalue weighted by molar-refractivity contribution is -0.154. The van der Waals surface area contributed by atoms with Gasteiger partial charge in [-0.15, -0.1) is 0 Å². The van der Waals surface area contributed by atoms with Crippen molar-refractivity contribution in [1.29, 1.82) is 0 Å². The first-order valence-corrected chi connectivity index (χ1v) is 6.12. The van der Waals surface area contributed by atoms with Crippen LogP contribution in [0.5, 0.6) is 0 Å². The number of rotatable bonds is 5. The Bertz CT molecular complexity index is 173. The molecule has 0 aromatic carbocycles. The molecule has 2 nitrogen and oxygen atoms in total. The molecule has 0 saturated heterocycles. The van der Waals surface area contributed by atoms with E-state index in [4.69, 9.17) is 4.74 Å². The maximum absolute atomic E-state index is 11.3. The fourth-order valence-electron chi connectivity index (χ4n) is 1.12. The minimum absolute atomic E-state index is 0.0990. The van der Waals surface area contributed by atoms with Crippen LogP contribution in [0.2, 0.25) is 0 Å². The van der Waals surface area contributed by atoms with E-state index in [1.165, 1.54) is 0 Å². The summed E-state index contributed by atoms with van der Waals surface area (Å²) in [5, 5.41) is 0. The molecule has 0 bridgehead atoms. The zero-order valence-electron chi connectivity index (χ0n) is 9.60. The van der Waals surface area contributed by atoms with Crippen molar-refractivity contribution in [3.63, 3.8) is 0 Å². The number of esters is 1. The second kappa shape index (κ2) is 6.44. The molecule has 0 aromatic heterocycles. The third-order valence-corrected chi connectivity index (χ3v) is 2.60. The first-order valence-electron chi connectivity index (χ1n) is 5.21. The molecule has 0 amide bonds. The van der Waals surface area contributed by atoms with Gasteiger partial charge < -0.3 is 4.74 Å². The van der Waals surface area contributed by atoms with Crippen LogP contribution in [-0.4, -0.2) is 16.4 Å². The highest BCUT2D eigenvalue weighted by Gasteiger charge is 2.16. The molecule has 1 atom stereocenters. The number of carbonyl (C=O) groups is 1. The predicted molar refractivity (Wildman–Crippen MR) is 62.7 cm³/mol. The maximum Gasteiger partial charge on any atom is 0.306 e. The molecule has 3 heteroatoms. The fraction of sp³-hybridized carbons (Fsp3) is 0.909. The monoisotopic (exact) mass is 264 g/mol. The molecule has 0 aliphatic heterocycles. The molecular formula is C11H21BrO2. The average Bonchev–Trinajstić information content (AvgIpc) is 1.98. The van der Waals surface area contributed by atoms with E-state index in [1.54, 1.807) is 0 Å². The average molecular weight is 265 g/mol. The van der Waals surface area contributed by atoms with E-state index in [1.807, 2.05) is 20.8 Å². The Kier molecular flexibility index (Phi) is 6.41. The molecule has 0 rings (SSSR count). The lowest BCUT2D eigenvalue weighted by Gasteiger charge is -2.19. The molecule has 14 heavy (non-hydrogen) atoms. The molecule has 0 aromatic rings. The van der Waals surface area contributed by atoms with Gasteiger partial charge in [-0.25, -0.2) is 0 Å². The molecule has 0 N–H and O–H groups in total. The van der Waals surface area contributed by atoms with Gasteiger partial charge in [-0.05, 0) is 33.6 Å². The summed E-state index contributed by atoms with van der Waals surface area (Å²) < 4.78 is 5.21. The van der Waals surface area contributed by atoms with Crippen molar-refractivity contribution < 1.29 is 9.53 Å². The van der Waals surface area contributed by atoms with Crippen LogP contribution in [0.4, 0.5) is 0 Å². The van der Waals surface area contributed by atoms with Gasteiger partial charge >= 0.3 is 5.97 Å². The SMILES string of the molecule is CCCC(Br)CCC(=O)OC(C)(C)C. The van der Waals surface area contributed by atoms with Crippen LogP contribution >= 0.6 is 15.9 Å². The minimum Gasteiger partial charge on any atom is -0.460 e. The van der Waals surface area contributed by atoms with Crippen molar-refractivity contribution >= 4 is 21.9 Å². The van der Waals surface area contributed by atoms with Crippen LogP contribution < -0.4 is 0 Å². The van der Waals surface area contributed by atoms with Gasteiger partial charge in [0.2, 0.25) is 0 Å². The van der Waals surface area contributed by atoms with Crippen LogP contribution in [-0.2, 0) is 9.53 Å². The summed E-state index contributed by atoms with van der Waals surface area (Å²) in [5.74, 6) is -0.0990. The molecule has 0 saturated carbocycles. The zero-order chi connectivity index (χ0) is 11.2. The molecule has 0 aliphatic carbocycles. The number of halogens is 1. The van der Waals surface area contributed by atoms with Gasteiger partial charge in [0.1, 0.15) is 5.60 Å². The Morgan fingerprint density at radius 2 is 1.93 bits per heavy atom. The quantitative estimate of drug-likeness (QED) is 0.560. The number of ether oxygens (including phenoxy) is 1. The van der Waals surface area contributed by atoms with E-state index in [0.29, 0.717) is 11.2 Å². The molecule has 0 heterocycles.